The maximum absolute atomic E-state index is 10.9. The summed E-state index contributed by atoms with van der Waals surface area (Å²) in [5, 5.41) is 0. The summed E-state index contributed by atoms with van der Waals surface area (Å²) in [6.45, 7) is 3.95. The molecule has 18 heavy (non-hydrogen) atoms. The van der Waals surface area contributed by atoms with Gasteiger partial charge in [-0.15, -0.1) is 0 Å². The van der Waals surface area contributed by atoms with Gasteiger partial charge in [0.1, 0.15) is 0 Å². The minimum Gasteiger partial charge on any atom is -0.469 e. The molecule has 102 valence electrons. The van der Waals surface area contributed by atoms with Crippen LogP contribution in [0.25, 0.3) is 0 Å². The third kappa shape index (κ3) is 8.43. The minimum atomic E-state index is -0.313. The van der Waals surface area contributed by atoms with Crippen LogP contribution in [-0.2, 0) is 19.1 Å². The molecule has 0 saturated heterocycles. The average molecular weight is 256 g/mol. The molecule has 0 aromatic heterocycles. The second-order valence-corrected chi connectivity index (χ2v) is 3.79. The number of carbonyl (C=O) groups excluding carboxylic acids is 2. The topological polar surface area (TPSA) is 77.3 Å². The Morgan fingerprint density at radius 2 is 1.83 bits per heavy atom. The van der Waals surface area contributed by atoms with Gasteiger partial charge in [0.25, 0.3) is 0 Å². The second-order valence-electron chi connectivity index (χ2n) is 3.79. The van der Waals surface area contributed by atoms with Crippen molar-refractivity contribution in [2.75, 3.05) is 20.8 Å². The van der Waals surface area contributed by atoms with E-state index in [1.807, 2.05) is 6.92 Å². The van der Waals surface area contributed by atoms with Crippen molar-refractivity contribution in [3.05, 3.63) is 0 Å². The van der Waals surface area contributed by atoms with Gasteiger partial charge in [0.2, 0.25) is 0 Å². The molecular formula is C12H20N2O4. The lowest BCUT2D eigenvalue weighted by Crippen LogP contribution is -2.10. The number of hydrogen-bond acceptors (Lipinski definition) is 6. The van der Waals surface area contributed by atoms with Crippen molar-refractivity contribution in [3.63, 3.8) is 0 Å². The smallest absolute Gasteiger partial charge is 0.311 e. The van der Waals surface area contributed by atoms with Gasteiger partial charge in [-0.05, 0) is 13.8 Å². The van der Waals surface area contributed by atoms with E-state index in [1.54, 1.807) is 13.1 Å². The molecule has 0 bridgehead atoms. The van der Waals surface area contributed by atoms with Crippen molar-refractivity contribution in [2.24, 2.45) is 9.98 Å². The number of carbonyl (C=O) groups is 2. The van der Waals surface area contributed by atoms with Crippen LogP contribution in [0.15, 0.2) is 9.98 Å². The lowest BCUT2D eigenvalue weighted by atomic mass is 10.2. The molecule has 0 N–H and O–H groups in total. The summed E-state index contributed by atoms with van der Waals surface area (Å²) in [4.78, 5) is 30.1. The number of aliphatic imine (C=N–C) groups is 2. The van der Waals surface area contributed by atoms with Crippen LogP contribution < -0.4 is 0 Å². The largest absolute Gasteiger partial charge is 0.469 e. The molecular weight excluding hydrogens is 236 g/mol. The summed E-state index contributed by atoms with van der Waals surface area (Å²) >= 11 is 0. The number of rotatable bonds is 7. The van der Waals surface area contributed by atoms with E-state index in [2.05, 4.69) is 19.5 Å². The van der Waals surface area contributed by atoms with Gasteiger partial charge in [-0.25, -0.2) is 0 Å². The zero-order chi connectivity index (χ0) is 14.0. The maximum Gasteiger partial charge on any atom is 0.311 e. The Labute approximate surface area is 107 Å². The second kappa shape index (κ2) is 9.32. The molecule has 0 spiro atoms. The highest BCUT2D eigenvalue weighted by Gasteiger charge is 2.06. The highest BCUT2D eigenvalue weighted by atomic mass is 16.5. The van der Waals surface area contributed by atoms with E-state index in [4.69, 9.17) is 0 Å². The van der Waals surface area contributed by atoms with Crippen molar-refractivity contribution in [3.8, 4) is 0 Å². The molecule has 0 aromatic rings. The predicted octanol–water partition coefficient (Wildman–Crippen LogP) is 1.03. The van der Waals surface area contributed by atoms with Gasteiger partial charge < -0.3 is 9.47 Å². The van der Waals surface area contributed by atoms with Crippen LogP contribution in [-0.4, -0.2) is 50.7 Å². The van der Waals surface area contributed by atoms with Crippen molar-refractivity contribution >= 4 is 23.9 Å². The summed E-state index contributed by atoms with van der Waals surface area (Å²) < 4.78 is 9.05. The van der Waals surface area contributed by atoms with Crippen LogP contribution in [0.4, 0.5) is 0 Å². The SMILES string of the molecule is COC(=O)CC(C)=NCC=NC(C)CC(=O)OC. The van der Waals surface area contributed by atoms with E-state index in [0.29, 0.717) is 12.3 Å². The fourth-order valence-electron chi connectivity index (χ4n) is 1.14. The molecule has 0 aromatic carbocycles. The molecule has 0 aliphatic heterocycles. The predicted molar refractivity (Wildman–Crippen MR) is 69.2 cm³/mol. The molecule has 0 aliphatic rings. The molecule has 6 heteroatoms. The first-order valence-electron chi connectivity index (χ1n) is 5.64. The minimum absolute atomic E-state index is 0.131. The third-order valence-corrected chi connectivity index (χ3v) is 2.12. The van der Waals surface area contributed by atoms with Gasteiger partial charge in [0, 0.05) is 11.9 Å². The van der Waals surface area contributed by atoms with Crippen LogP contribution in [0.5, 0.6) is 0 Å². The summed E-state index contributed by atoms with van der Waals surface area (Å²) in [7, 11) is 2.69. The Bertz CT molecular complexity index is 337. The van der Waals surface area contributed by atoms with Crippen LogP contribution >= 0.6 is 0 Å². The Morgan fingerprint density at radius 3 is 2.39 bits per heavy atom. The normalized spacial score (nSPS) is 13.4. The van der Waals surface area contributed by atoms with Gasteiger partial charge >= 0.3 is 11.9 Å². The number of hydrogen-bond donors (Lipinski definition) is 0. The highest BCUT2D eigenvalue weighted by Crippen LogP contribution is 1.97. The molecule has 1 atom stereocenters. The number of ether oxygens (including phenoxy) is 2. The van der Waals surface area contributed by atoms with E-state index in [-0.39, 0.29) is 30.8 Å². The number of nitrogens with zero attached hydrogens (tertiary/aromatic N) is 2. The van der Waals surface area contributed by atoms with Crippen molar-refractivity contribution in [1.29, 1.82) is 0 Å². The van der Waals surface area contributed by atoms with E-state index < -0.39 is 0 Å². The van der Waals surface area contributed by atoms with Gasteiger partial charge in [0.15, 0.2) is 0 Å². The van der Waals surface area contributed by atoms with Gasteiger partial charge in [-0.1, -0.05) is 0 Å². The van der Waals surface area contributed by atoms with E-state index >= 15 is 0 Å². The summed E-state index contributed by atoms with van der Waals surface area (Å²) in [5.74, 6) is -0.600. The molecule has 0 saturated carbocycles. The van der Waals surface area contributed by atoms with E-state index in [1.165, 1.54) is 14.2 Å². The first-order valence-corrected chi connectivity index (χ1v) is 5.64. The zero-order valence-corrected chi connectivity index (χ0v) is 11.3. The van der Waals surface area contributed by atoms with Gasteiger partial charge in [-0.2, -0.15) is 0 Å². The Hall–Kier alpha value is -1.72. The average Bonchev–Trinajstić information content (AvgIpc) is 2.34. The summed E-state index contributed by atoms with van der Waals surface area (Å²) in [6.07, 6.45) is 2.05. The maximum atomic E-state index is 10.9. The number of esters is 2. The first kappa shape index (κ1) is 16.3. The first-order chi connectivity index (χ1) is 8.49. The van der Waals surface area contributed by atoms with Crippen LogP contribution in [0.2, 0.25) is 0 Å². The Morgan fingerprint density at radius 1 is 1.22 bits per heavy atom. The quantitative estimate of drug-likeness (QED) is 0.503. The summed E-state index contributed by atoms with van der Waals surface area (Å²) in [5.41, 5.74) is 0.689. The molecule has 0 aliphatic carbocycles. The lowest BCUT2D eigenvalue weighted by Gasteiger charge is -2.03. The van der Waals surface area contributed by atoms with Gasteiger partial charge in [-0.3, -0.25) is 19.6 Å². The molecule has 0 rings (SSSR count). The highest BCUT2D eigenvalue weighted by molar-refractivity contribution is 5.97. The standard InChI is InChI=1S/C12H20N2O4/c1-9(7-11(15)17-3)13-5-6-14-10(2)8-12(16)18-4/h5,9H,6-8H2,1-4H3. The molecule has 0 fully saturated rings. The Balaban J connectivity index is 3.98. The van der Waals surface area contributed by atoms with Crippen LogP contribution in [0, 0.1) is 0 Å². The van der Waals surface area contributed by atoms with Crippen molar-refractivity contribution in [1.82, 2.24) is 0 Å². The fraction of sp³-hybridized carbons (Fsp3) is 0.667. The van der Waals surface area contributed by atoms with Crippen LogP contribution in [0.1, 0.15) is 26.7 Å². The third-order valence-electron chi connectivity index (χ3n) is 2.12. The van der Waals surface area contributed by atoms with Crippen molar-refractivity contribution < 1.29 is 19.1 Å². The fourth-order valence-corrected chi connectivity index (χ4v) is 1.14. The molecule has 0 heterocycles. The number of methoxy groups -OCH3 is 2. The van der Waals surface area contributed by atoms with E-state index in [9.17, 15) is 9.59 Å². The zero-order valence-electron chi connectivity index (χ0n) is 11.3. The molecule has 0 radical (unpaired) electrons. The van der Waals surface area contributed by atoms with Crippen LogP contribution in [0.3, 0.4) is 0 Å². The van der Waals surface area contributed by atoms with Crippen molar-refractivity contribution in [2.45, 2.75) is 32.7 Å². The monoisotopic (exact) mass is 256 g/mol. The summed E-state index contributed by atoms with van der Waals surface area (Å²) in [6, 6.07) is -0.131. The van der Waals surface area contributed by atoms with E-state index in [0.717, 1.165) is 0 Å². The van der Waals surface area contributed by atoms with Gasteiger partial charge in [0.05, 0.1) is 39.6 Å². The molecule has 1 unspecified atom stereocenters. The molecule has 6 nitrogen and oxygen atoms in total. The lowest BCUT2D eigenvalue weighted by molar-refractivity contribution is -0.141. The Kier molecular flexibility index (Phi) is 8.43. The molecule has 0 amide bonds.